The number of ether oxygens (including phenoxy) is 1. The Morgan fingerprint density at radius 3 is 2.43 bits per heavy atom. The van der Waals surface area contributed by atoms with Crippen molar-refractivity contribution in [2.75, 3.05) is 32.8 Å². The van der Waals surface area contributed by atoms with E-state index in [9.17, 15) is 14.0 Å². The van der Waals surface area contributed by atoms with E-state index in [4.69, 9.17) is 9.15 Å². The van der Waals surface area contributed by atoms with Crippen LogP contribution in [-0.4, -0.2) is 54.5 Å². The van der Waals surface area contributed by atoms with Crippen molar-refractivity contribution in [2.45, 2.75) is 26.8 Å². The summed E-state index contributed by atoms with van der Waals surface area (Å²) >= 11 is 0. The highest BCUT2D eigenvalue weighted by molar-refractivity contribution is 5.95. The van der Waals surface area contributed by atoms with Gasteiger partial charge in [-0.25, -0.2) is 4.39 Å². The second-order valence-corrected chi connectivity index (χ2v) is 6.92. The van der Waals surface area contributed by atoms with Crippen LogP contribution in [-0.2, 0) is 16.1 Å². The first-order chi connectivity index (χ1) is 13.4. The Bertz CT molecular complexity index is 825. The number of nitrogens with zero attached hydrogens (tertiary/aromatic N) is 2. The van der Waals surface area contributed by atoms with E-state index in [1.54, 1.807) is 41.8 Å². The molecule has 1 aliphatic heterocycles. The van der Waals surface area contributed by atoms with Gasteiger partial charge in [0.15, 0.2) is 0 Å². The summed E-state index contributed by atoms with van der Waals surface area (Å²) in [7, 11) is 0. The first-order valence-corrected chi connectivity index (χ1v) is 9.40. The van der Waals surface area contributed by atoms with Gasteiger partial charge in [-0.05, 0) is 37.6 Å². The van der Waals surface area contributed by atoms with Crippen LogP contribution in [0.4, 0.5) is 4.39 Å². The van der Waals surface area contributed by atoms with Crippen LogP contribution in [0.25, 0.3) is 0 Å². The number of benzene rings is 1. The van der Waals surface area contributed by atoms with Crippen molar-refractivity contribution in [3.8, 4) is 0 Å². The topological polar surface area (TPSA) is 63.0 Å². The van der Waals surface area contributed by atoms with E-state index in [1.807, 2.05) is 0 Å². The molecule has 2 heterocycles. The molecule has 6 nitrogen and oxygen atoms in total. The van der Waals surface area contributed by atoms with Gasteiger partial charge in [0, 0.05) is 32.6 Å². The second kappa shape index (κ2) is 9.01. The zero-order valence-electron chi connectivity index (χ0n) is 16.2. The average Bonchev–Trinajstić information content (AvgIpc) is 3.04. The van der Waals surface area contributed by atoms with Crippen LogP contribution in [0.1, 0.15) is 33.9 Å². The fraction of sp³-hybridized carbons (Fsp3) is 0.429. The second-order valence-electron chi connectivity index (χ2n) is 6.92. The molecule has 1 fully saturated rings. The molecular weight excluding hydrogens is 363 g/mol. The van der Waals surface area contributed by atoms with Gasteiger partial charge in [-0.3, -0.25) is 9.59 Å². The van der Waals surface area contributed by atoms with Crippen molar-refractivity contribution >= 4 is 11.8 Å². The van der Waals surface area contributed by atoms with Crippen molar-refractivity contribution in [3.05, 3.63) is 58.8 Å². The molecule has 150 valence electrons. The number of morpholine rings is 1. The summed E-state index contributed by atoms with van der Waals surface area (Å²) in [6, 6.07) is 7.73. The Kier molecular flexibility index (Phi) is 6.46. The molecule has 7 heteroatoms. The van der Waals surface area contributed by atoms with Crippen molar-refractivity contribution in [1.82, 2.24) is 9.80 Å². The standard InChI is InChI=1S/C21H25FN2O4/c1-15-13-19(16(2)28-15)21(26)24(14-17-3-5-18(22)6-4-17)8-7-20(25)23-9-11-27-12-10-23/h3-6,13H,7-12,14H2,1-2H3. The molecule has 0 spiro atoms. The summed E-state index contributed by atoms with van der Waals surface area (Å²) < 4.78 is 24.0. The van der Waals surface area contributed by atoms with Crippen molar-refractivity contribution in [3.63, 3.8) is 0 Å². The van der Waals surface area contributed by atoms with Crippen LogP contribution in [0, 0.1) is 19.7 Å². The van der Waals surface area contributed by atoms with Gasteiger partial charge >= 0.3 is 0 Å². The summed E-state index contributed by atoms with van der Waals surface area (Å²) in [5.41, 5.74) is 1.28. The molecule has 1 aromatic heterocycles. The predicted octanol–water partition coefficient (Wildman–Crippen LogP) is 2.93. The van der Waals surface area contributed by atoms with E-state index in [0.717, 1.165) is 5.56 Å². The molecule has 1 saturated heterocycles. The quantitative estimate of drug-likeness (QED) is 0.763. The number of furan rings is 1. The maximum absolute atomic E-state index is 13.2. The first-order valence-electron chi connectivity index (χ1n) is 9.40. The van der Waals surface area contributed by atoms with Crippen LogP contribution < -0.4 is 0 Å². The highest BCUT2D eigenvalue weighted by atomic mass is 19.1. The van der Waals surface area contributed by atoms with Crippen molar-refractivity contribution < 1.29 is 23.1 Å². The number of carbonyl (C=O) groups is 2. The van der Waals surface area contributed by atoms with Gasteiger partial charge < -0.3 is 19.0 Å². The molecule has 1 aromatic carbocycles. The first kappa shape index (κ1) is 20.1. The summed E-state index contributed by atoms with van der Waals surface area (Å²) in [6.45, 7) is 6.32. The van der Waals surface area contributed by atoms with E-state index in [-0.39, 0.29) is 30.6 Å². The highest BCUT2D eigenvalue weighted by Crippen LogP contribution is 2.18. The van der Waals surface area contributed by atoms with E-state index in [1.165, 1.54) is 12.1 Å². The molecule has 0 radical (unpaired) electrons. The number of halogens is 1. The Hall–Kier alpha value is -2.67. The summed E-state index contributed by atoms with van der Waals surface area (Å²) in [4.78, 5) is 29.0. The molecule has 2 amide bonds. The fourth-order valence-electron chi connectivity index (χ4n) is 3.28. The third kappa shape index (κ3) is 4.98. The number of hydrogen-bond acceptors (Lipinski definition) is 4. The number of aryl methyl sites for hydroxylation is 2. The molecule has 0 unspecified atom stereocenters. The monoisotopic (exact) mass is 388 g/mol. The Morgan fingerprint density at radius 1 is 1.14 bits per heavy atom. The van der Waals surface area contributed by atoms with E-state index >= 15 is 0 Å². The van der Waals surface area contributed by atoms with Crippen LogP contribution in [0.15, 0.2) is 34.7 Å². The normalized spacial score (nSPS) is 14.2. The van der Waals surface area contributed by atoms with Gasteiger partial charge in [0.1, 0.15) is 17.3 Å². The summed E-state index contributed by atoms with van der Waals surface area (Å²) in [6.07, 6.45) is 0.225. The molecule has 2 aromatic rings. The molecule has 0 atom stereocenters. The Labute approximate surface area is 163 Å². The summed E-state index contributed by atoms with van der Waals surface area (Å²) in [5, 5.41) is 0. The number of rotatable bonds is 6. The van der Waals surface area contributed by atoms with E-state index in [0.29, 0.717) is 49.9 Å². The third-order valence-electron chi connectivity index (χ3n) is 4.80. The lowest BCUT2D eigenvalue weighted by atomic mass is 10.1. The Balaban J connectivity index is 1.73. The minimum Gasteiger partial charge on any atom is -0.466 e. The van der Waals surface area contributed by atoms with Gasteiger partial charge in [-0.2, -0.15) is 0 Å². The van der Waals surface area contributed by atoms with Crippen LogP contribution in [0.5, 0.6) is 0 Å². The predicted molar refractivity (Wildman–Crippen MR) is 101 cm³/mol. The molecular formula is C21H25FN2O4. The minimum absolute atomic E-state index is 0.000280. The van der Waals surface area contributed by atoms with Crippen molar-refractivity contribution in [2.24, 2.45) is 0 Å². The number of hydrogen-bond donors (Lipinski definition) is 0. The molecule has 0 bridgehead atoms. The maximum atomic E-state index is 13.2. The largest absolute Gasteiger partial charge is 0.466 e. The number of carbonyl (C=O) groups excluding carboxylic acids is 2. The minimum atomic E-state index is -0.328. The SMILES string of the molecule is Cc1cc(C(=O)N(CCC(=O)N2CCOCC2)Cc2ccc(F)cc2)c(C)o1. The molecule has 1 aliphatic rings. The average molecular weight is 388 g/mol. The van der Waals surface area contributed by atoms with E-state index < -0.39 is 0 Å². The zero-order chi connectivity index (χ0) is 20.1. The smallest absolute Gasteiger partial charge is 0.257 e. The molecule has 0 aliphatic carbocycles. The highest BCUT2D eigenvalue weighted by Gasteiger charge is 2.23. The molecule has 0 N–H and O–H groups in total. The fourth-order valence-corrected chi connectivity index (χ4v) is 3.28. The lowest BCUT2D eigenvalue weighted by molar-refractivity contribution is -0.135. The van der Waals surface area contributed by atoms with Crippen molar-refractivity contribution in [1.29, 1.82) is 0 Å². The van der Waals surface area contributed by atoms with Crippen LogP contribution >= 0.6 is 0 Å². The lowest BCUT2D eigenvalue weighted by Gasteiger charge is -2.28. The lowest BCUT2D eigenvalue weighted by Crippen LogP contribution is -2.42. The van der Waals surface area contributed by atoms with Gasteiger partial charge in [0.2, 0.25) is 5.91 Å². The zero-order valence-corrected chi connectivity index (χ0v) is 16.2. The van der Waals surface area contributed by atoms with Gasteiger partial charge in [0.25, 0.3) is 5.91 Å². The van der Waals surface area contributed by atoms with E-state index in [2.05, 4.69) is 0 Å². The van der Waals surface area contributed by atoms with Crippen LogP contribution in [0.2, 0.25) is 0 Å². The third-order valence-corrected chi connectivity index (χ3v) is 4.80. The Morgan fingerprint density at radius 2 is 1.82 bits per heavy atom. The molecule has 28 heavy (non-hydrogen) atoms. The maximum Gasteiger partial charge on any atom is 0.257 e. The molecule has 0 saturated carbocycles. The summed E-state index contributed by atoms with van der Waals surface area (Å²) in [5.74, 6) is 0.678. The molecule has 3 rings (SSSR count). The van der Waals surface area contributed by atoms with Gasteiger partial charge in [0.05, 0.1) is 18.8 Å². The number of amides is 2. The van der Waals surface area contributed by atoms with Gasteiger partial charge in [-0.15, -0.1) is 0 Å². The van der Waals surface area contributed by atoms with Gasteiger partial charge in [-0.1, -0.05) is 12.1 Å². The van der Waals surface area contributed by atoms with Crippen LogP contribution in [0.3, 0.4) is 0 Å².